The van der Waals surface area contributed by atoms with Crippen LogP contribution in [0.3, 0.4) is 0 Å². The molecule has 1 aromatic carbocycles. The van der Waals surface area contributed by atoms with Crippen LogP contribution < -0.4 is 0 Å². The number of hydrogen-bond acceptors (Lipinski definition) is 4. The van der Waals surface area contributed by atoms with Gasteiger partial charge in [-0.15, -0.1) is 0 Å². The average molecular weight is 391 g/mol. The number of alkyl halides is 3. The van der Waals surface area contributed by atoms with Crippen molar-refractivity contribution < 1.29 is 22.7 Å². The predicted octanol–water partition coefficient (Wildman–Crippen LogP) is 3.00. The molecule has 2 fully saturated rings. The van der Waals surface area contributed by atoms with Gasteiger partial charge in [0.05, 0.1) is 30.9 Å². The normalized spacial score (nSPS) is 23.3. The van der Waals surface area contributed by atoms with E-state index in [0.717, 1.165) is 11.8 Å². The van der Waals surface area contributed by atoms with Crippen molar-refractivity contribution in [3.8, 4) is 0 Å². The number of carbonyl (C=O) groups excluding carboxylic acids is 1. The van der Waals surface area contributed by atoms with E-state index >= 15 is 0 Å². The van der Waals surface area contributed by atoms with Crippen LogP contribution in [0.4, 0.5) is 13.2 Å². The molecule has 2 aliphatic heterocycles. The van der Waals surface area contributed by atoms with Gasteiger partial charge in [-0.25, -0.2) is 0 Å². The smallest absolute Gasteiger partial charge is 0.378 e. The highest BCUT2D eigenvalue weighted by atomic mass is 19.4. The van der Waals surface area contributed by atoms with Gasteiger partial charge in [-0.05, 0) is 17.7 Å². The molecular formula is C20H20F3N3O2. The molecule has 1 aromatic heterocycles. The van der Waals surface area contributed by atoms with Gasteiger partial charge in [0.25, 0.3) is 5.91 Å². The zero-order chi connectivity index (χ0) is 19.7. The predicted molar refractivity (Wildman–Crippen MR) is 95.6 cm³/mol. The summed E-state index contributed by atoms with van der Waals surface area (Å²) in [5, 5.41) is 0. The van der Waals surface area contributed by atoms with E-state index in [1.165, 1.54) is 17.0 Å². The molecule has 0 N–H and O–H groups in total. The minimum atomic E-state index is -4.67. The minimum Gasteiger partial charge on any atom is -0.378 e. The number of morpholine rings is 1. The maximum atomic E-state index is 13.2. The lowest BCUT2D eigenvalue weighted by Gasteiger charge is -2.48. The van der Waals surface area contributed by atoms with Gasteiger partial charge in [-0.2, -0.15) is 13.2 Å². The molecule has 0 saturated carbocycles. The maximum absolute atomic E-state index is 13.2. The first-order chi connectivity index (χ1) is 13.4. The first-order valence-electron chi connectivity index (χ1n) is 9.15. The van der Waals surface area contributed by atoms with E-state index in [0.29, 0.717) is 32.8 Å². The van der Waals surface area contributed by atoms with Crippen molar-refractivity contribution in [1.29, 1.82) is 0 Å². The summed E-state index contributed by atoms with van der Waals surface area (Å²) in [4.78, 5) is 20.0. The third-order valence-electron chi connectivity index (χ3n) is 5.29. The maximum Gasteiger partial charge on any atom is 0.434 e. The molecule has 0 unspecified atom stereocenters. The van der Waals surface area contributed by atoms with E-state index in [-0.39, 0.29) is 12.1 Å². The Morgan fingerprint density at radius 3 is 2.61 bits per heavy atom. The second kappa shape index (κ2) is 7.52. The topological polar surface area (TPSA) is 45.7 Å². The van der Waals surface area contributed by atoms with Crippen LogP contribution in [0.2, 0.25) is 0 Å². The first kappa shape index (κ1) is 18.9. The molecule has 4 rings (SSSR count). The number of benzene rings is 1. The molecule has 0 bridgehead atoms. The first-order valence-corrected chi connectivity index (χ1v) is 9.15. The van der Waals surface area contributed by atoms with Crippen LogP contribution in [0.1, 0.15) is 27.7 Å². The summed E-state index contributed by atoms with van der Waals surface area (Å²) in [7, 11) is 0. The van der Waals surface area contributed by atoms with Gasteiger partial charge in [-0.3, -0.25) is 14.7 Å². The van der Waals surface area contributed by atoms with Crippen molar-refractivity contribution in [2.75, 3.05) is 32.8 Å². The highest BCUT2D eigenvalue weighted by Gasteiger charge is 2.41. The van der Waals surface area contributed by atoms with Crippen LogP contribution in [-0.2, 0) is 10.9 Å². The zero-order valence-electron chi connectivity index (χ0n) is 15.1. The molecule has 0 aliphatic carbocycles. The van der Waals surface area contributed by atoms with Gasteiger partial charge in [0.15, 0.2) is 5.69 Å². The number of amides is 1. The largest absolute Gasteiger partial charge is 0.434 e. The molecule has 0 spiro atoms. The van der Waals surface area contributed by atoms with Crippen molar-refractivity contribution in [1.82, 2.24) is 14.8 Å². The van der Waals surface area contributed by atoms with E-state index in [2.05, 4.69) is 9.88 Å². The molecule has 5 nitrogen and oxygen atoms in total. The fraction of sp³-hybridized carbons (Fsp3) is 0.400. The van der Waals surface area contributed by atoms with Gasteiger partial charge in [0, 0.05) is 25.8 Å². The third kappa shape index (κ3) is 3.62. The Balaban J connectivity index is 1.53. The SMILES string of the molecule is O=C(c1cccnc1C(F)(F)F)N1CCN2[C@@H](COC[C@@H]2c2ccccc2)C1. The Kier molecular flexibility index (Phi) is 5.07. The summed E-state index contributed by atoms with van der Waals surface area (Å²) < 4.78 is 45.4. The van der Waals surface area contributed by atoms with Crippen molar-refractivity contribution in [2.45, 2.75) is 18.3 Å². The summed E-state index contributed by atoms with van der Waals surface area (Å²) in [5.74, 6) is -0.637. The molecule has 2 aromatic rings. The summed E-state index contributed by atoms with van der Waals surface area (Å²) in [6.45, 7) is 2.29. The van der Waals surface area contributed by atoms with E-state index in [9.17, 15) is 18.0 Å². The lowest BCUT2D eigenvalue weighted by Crippen LogP contribution is -2.60. The Hall–Kier alpha value is -2.45. The van der Waals surface area contributed by atoms with Gasteiger partial charge in [-0.1, -0.05) is 30.3 Å². The zero-order valence-corrected chi connectivity index (χ0v) is 15.1. The number of piperazine rings is 1. The van der Waals surface area contributed by atoms with Crippen LogP contribution >= 0.6 is 0 Å². The van der Waals surface area contributed by atoms with Crippen LogP contribution in [0.25, 0.3) is 0 Å². The third-order valence-corrected chi connectivity index (χ3v) is 5.29. The van der Waals surface area contributed by atoms with E-state index in [1.807, 2.05) is 30.3 Å². The van der Waals surface area contributed by atoms with Gasteiger partial charge >= 0.3 is 6.18 Å². The summed E-state index contributed by atoms with van der Waals surface area (Å²) in [6, 6.07) is 12.6. The number of carbonyl (C=O) groups is 1. The average Bonchev–Trinajstić information content (AvgIpc) is 2.72. The molecule has 2 atom stereocenters. The summed E-state index contributed by atoms with van der Waals surface area (Å²) in [5.41, 5.74) is -0.400. The molecule has 28 heavy (non-hydrogen) atoms. The molecule has 0 radical (unpaired) electrons. The quantitative estimate of drug-likeness (QED) is 0.790. The molecule has 3 heterocycles. The van der Waals surface area contributed by atoms with Crippen LogP contribution in [0, 0.1) is 0 Å². The standard InChI is InChI=1S/C20H20F3N3O2/c21-20(22,23)18-16(7-4-8-24-18)19(27)25-9-10-26-15(11-25)12-28-13-17(26)14-5-2-1-3-6-14/h1-8,15,17H,9-13H2/t15-,17-/m1/s1. The van der Waals surface area contributed by atoms with Gasteiger partial charge < -0.3 is 9.64 Å². The van der Waals surface area contributed by atoms with Crippen molar-refractivity contribution >= 4 is 5.91 Å². The fourth-order valence-electron chi connectivity index (χ4n) is 3.96. The number of pyridine rings is 1. The monoisotopic (exact) mass is 391 g/mol. The number of halogens is 3. The second-order valence-electron chi connectivity index (χ2n) is 7.00. The van der Waals surface area contributed by atoms with Crippen molar-refractivity contribution in [3.63, 3.8) is 0 Å². The molecule has 148 valence electrons. The highest BCUT2D eigenvalue weighted by molar-refractivity contribution is 5.95. The van der Waals surface area contributed by atoms with Crippen molar-refractivity contribution in [2.24, 2.45) is 0 Å². The number of aromatic nitrogens is 1. The summed E-state index contributed by atoms with van der Waals surface area (Å²) in [6.07, 6.45) is -3.61. The lowest BCUT2D eigenvalue weighted by atomic mass is 9.99. The van der Waals surface area contributed by atoms with Crippen LogP contribution in [0.5, 0.6) is 0 Å². The number of nitrogens with zero attached hydrogens (tertiary/aromatic N) is 3. The summed E-state index contributed by atoms with van der Waals surface area (Å²) >= 11 is 0. The number of ether oxygens (including phenoxy) is 1. The molecule has 2 saturated heterocycles. The number of rotatable bonds is 2. The Labute approximate surface area is 160 Å². The molecular weight excluding hydrogens is 371 g/mol. The van der Waals surface area contributed by atoms with Crippen LogP contribution in [-0.4, -0.2) is 59.6 Å². The van der Waals surface area contributed by atoms with Gasteiger partial charge in [0.1, 0.15) is 0 Å². The Morgan fingerprint density at radius 1 is 1.07 bits per heavy atom. The second-order valence-corrected chi connectivity index (χ2v) is 7.00. The highest BCUT2D eigenvalue weighted by Crippen LogP contribution is 2.33. The fourth-order valence-corrected chi connectivity index (χ4v) is 3.96. The number of fused-ring (bicyclic) bond motifs is 1. The van der Waals surface area contributed by atoms with E-state index < -0.39 is 23.3 Å². The molecule has 2 aliphatic rings. The minimum absolute atomic E-state index is 0.0531. The lowest BCUT2D eigenvalue weighted by molar-refractivity contribution is -0.141. The van der Waals surface area contributed by atoms with E-state index in [4.69, 9.17) is 4.74 Å². The van der Waals surface area contributed by atoms with Crippen molar-refractivity contribution in [3.05, 3.63) is 65.5 Å². The Morgan fingerprint density at radius 2 is 1.86 bits per heavy atom. The van der Waals surface area contributed by atoms with Crippen LogP contribution in [0.15, 0.2) is 48.7 Å². The van der Waals surface area contributed by atoms with Gasteiger partial charge in [0.2, 0.25) is 0 Å². The molecule has 8 heteroatoms. The Bertz CT molecular complexity index is 844. The number of hydrogen-bond donors (Lipinski definition) is 0. The van der Waals surface area contributed by atoms with E-state index in [1.54, 1.807) is 0 Å². The molecule has 1 amide bonds.